The van der Waals surface area contributed by atoms with Crippen molar-refractivity contribution in [2.24, 2.45) is 7.05 Å². The van der Waals surface area contributed by atoms with Crippen LogP contribution in [0, 0.1) is 12.3 Å². The third-order valence-corrected chi connectivity index (χ3v) is 1.77. The van der Waals surface area contributed by atoms with Crippen LogP contribution in [0.4, 0.5) is 13.2 Å². The molecule has 92 valence electrons. The Kier molecular flexibility index (Phi) is 3.31. The number of aryl methyl sites for hydroxylation is 1. The molecule has 0 atom stereocenters. The monoisotopic (exact) mass is 248 g/mol. The Morgan fingerprint density at radius 2 is 2.24 bits per heavy atom. The van der Waals surface area contributed by atoms with Crippen LogP contribution in [0.5, 0.6) is 5.88 Å². The fraction of sp³-hybridized carbons (Fsp3) is 0.333. The van der Waals surface area contributed by atoms with Gasteiger partial charge in [-0.3, -0.25) is 0 Å². The Bertz CT molecular complexity index is 485. The van der Waals surface area contributed by atoms with Crippen LogP contribution in [0.1, 0.15) is 16.1 Å². The SMILES string of the molecule is C#CCOc1c(C(=O)O)c(C(F)(F)F)nn1C. The number of terminal acetylenes is 1. The van der Waals surface area contributed by atoms with E-state index in [0.717, 1.165) is 7.05 Å². The van der Waals surface area contributed by atoms with Crippen molar-refractivity contribution in [3.63, 3.8) is 0 Å². The van der Waals surface area contributed by atoms with E-state index in [1.807, 2.05) is 5.92 Å². The summed E-state index contributed by atoms with van der Waals surface area (Å²) in [5, 5.41) is 11.8. The third kappa shape index (κ3) is 2.50. The van der Waals surface area contributed by atoms with E-state index >= 15 is 0 Å². The molecular weight excluding hydrogens is 241 g/mol. The summed E-state index contributed by atoms with van der Waals surface area (Å²) in [5.74, 6) is -0.285. The Balaban J connectivity index is 3.36. The molecule has 1 heterocycles. The van der Waals surface area contributed by atoms with Gasteiger partial charge >= 0.3 is 12.1 Å². The van der Waals surface area contributed by atoms with Gasteiger partial charge in [-0.05, 0) is 0 Å². The molecular formula is C9H7F3N2O3. The number of carbonyl (C=O) groups is 1. The van der Waals surface area contributed by atoms with E-state index in [0.29, 0.717) is 4.68 Å². The van der Waals surface area contributed by atoms with Gasteiger partial charge in [-0.15, -0.1) is 6.42 Å². The van der Waals surface area contributed by atoms with Gasteiger partial charge in [0.2, 0.25) is 5.88 Å². The number of halogens is 3. The number of aromatic nitrogens is 2. The minimum atomic E-state index is -4.87. The summed E-state index contributed by atoms with van der Waals surface area (Å²) in [4.78, 5) is 10.8. The molecule has 0 fully saturated rings. The van der Waals surface area contributed by atoms with Crippen LogP contribution in [0.15, 0.2) is 0 Å². The highest BCUT2D eigenvalue weighted by atomic mass is 19.4. The zero-order valence-corrected chi connectivity index (χ0v) is 8.58. The van der Waals surface area contributed by atoms with E-state index in [-0.39, 0.29) is 6.61 Å². The summed E-state index contributed by atoms with van der Waals surface area (Å²) in [7, 11) is 1.13. The largest absolute Gasteiger partial charge is 0.477 e. The first-order chi connectivity index (χ1) is 7.79. The minimum Gasteiger partial charge on any atom is -0.477 e. The van der Waals surface area contributed by atoms with Gasteiger partial charge in [0.05, 0.1) is 0 Å². The lowest BCUT2D eigenvalue weighted by Gasteiger charge is -2.04. The molecule has 0 aliphatic carbocycles. The fourth-order valence-electron chi connectivity index (χ4n) is 1.18. The van der Waals surface area contributed by atoms with Crippen molar-refractivity contribution in [2.75, 3.05) is 6.61 Å². The predicted molar refractivity (Wildman–Crippen MR) is 49.5 cm³/mol. The topological polar surface area (TPSA) is 64.3 Å². The maximum absolute atomic E-state index is 12.5. The number of alkyl halides is 3. The molecule has 0 aliphatic rings. The van der Waals surface area contributed by atoms with Crippen molar-refractivity contribution in [1.82, 2.24) is 9.78 Å². The van der Waals surface area contributed by atoms with Gasteiger partial charge in [0.25, 0.3) is 0 Å². The van der Waals surface area contributed by atoms with Crippen LogP contribution < -0.4 is 4.74 Å². The second-order valence-corrected chi connectivity index (χ2v) is 2.95. The number of ether oxygens (including phenoxy) is 1. The standard InChI is InChI=1S/C9H7F3N2O3/c1-3-4-17-7-5(8(15)16)6(9(10,11)12)13-14(7)2/h1H,4H2,2H3,(H,15,16). The molecule has 1 N–H and O–H groups in total. The first-order valence-electron chi connectivity index (χ1n) is 4.22. The number of hydrogen-bond acceptors (Lipinski definition) is 3. The quantitative estimate of drug-likeness (QED) is 0.815. The number of hydrogen-bond donors (Lipinski definition) is 1. The first kappa shape index (κ1) is 12.9. The molecule has 1 aromatic heterocycles. The number of rotatable bonds is 3. The molecule has 0 aromatic carbocycles. The highest BCUT2D eigenvalue weighted by Crippen LogP contribution is 2.35. The van der Waals surface area contributed by atoms with Gasteiger partial charge in [0.1, 0.15) is 0 Å². The number of carboxylic acids is 1. The zero-order chi connectivity index (χ0) is 13.2. The van der Waals surface area contributed by atoms with E-state index < -0.39 is 29.3 Å². The molecule has 0 spiro atoms. The maximum Gasteiger partial charge on any atom is 0.436 e. The van der Waals surface area contributed by atoms with Crippen molar-refractivity contribution in [1.29, 1.82) is 0 Å². The van der Waals surface area contributed by atoms with Crippen LogP contribution in [0.2, 0.25) is 0 Å². The summed E-state index contributed by atoms with van der Waals surface area (Å²) >= 11 is 0. The lowest BCUT2D eigenvalue weighted by atomic mass is 10.2. The normalized spacial score (nSPS) is 11.0. The van der Waals surface area contributed by atoms with Gasteiger partial charge in [0.15, 0.2) is 17.9 Å². The first-order valence-corrected chi connectivity index (χ1v) is 4.22. The lowest BCUT2D eigenvalue weighted by Crippen LogP contribution is -2.12. The zero-order valence-electron chi connectivity index (χ0n) is 8.58. The molecule has 0 bridgehead atoms. The van der Waals surface area contributed by atoms with Crippen LogP contribution >= 0.6 is 0 Å². The smallest absolute Gasteiger partial charge is 0.436 e. The van der Waals surface area contributed by atoms with Gasteiger partial charge in [-0.1, -0.05) is 5.92 Å². The minimum absolute atomic E-state index is 0.350. The molecule has 17 heavy (non-hydrogen) atoms. The molecule has 1 aromatic rings. The summed E-state index contributed by atoms with van der Waals surface area (Å²) < 4.78 is 42.9. The summed E-state index contributed by atoms with van der Waals surface area (Å²) in [6.45, 7) is -0.350. The summed E-state index contributed by atoms with van der Waals surface area (Å²) in [6.07, 6.45) is -0.000899. The van der Waals surface area contributed by atoms with Crippen molar-refractivity contribution in [2.45, 2.75) is 6.18 Å². The Morgan fingerprint density at radius 1 is 1.65 bits per heavy atom. The summed E-state index contributed by atoms with van der Waals surface area (Å²) in [5.41, 5.74) is -2.56. The van der Waals surface area contributed by atoms with E-state index in [1.54, 1.807) is 0 Å². The van der Waals surface area contributed by atoms with Gasteiger partial charge in [-0.25, -0.2) is 9.48 Å². The van der Waals surface area contributed by atoms with E-state index in [9.17, 15) is 18.0 Å². The van der Waals surface area contributed by atoms with Crippen molar-refractivity contribution >= 4 is 5.97 Å². The Labute approximate surface area is 93.8 Å². The van der Waals surface area contributed by atoms with Crippen LogP contribution in [0.3, 0.4) is 0 Å². The van der Waals surface area contributed by atoms with E-state index in [2.05, 4.69) is 5.10 Å². The predicted octanol–water partition coefficient (Wildman–Crippen LogP) is 1.15. The Morgan fingerprint density at radius 3 is 2.65 bits per heavy atom. The molecule has 0 unspecified atom stereocenters. The van der Waals surface area contributed by atoms with E-state index in [4.69, 9.17) is 16.3 Å². The summed E-state index contributed by atoms with van der Waals surface area (Å²) in [6, 6.07) is 0. The second-order valence-electron chi connectivity index (χ2n) is 2.95. The number of nitrogens with zero attached hydrogens (tertiary/aromatic N) is 2. The second kappa shape index (κ2) is 4.37. The van der Waals surface area contributed by atoms with Crippen LogP contribution in [-0.4, -0.2) is 27.5 Å². The molecule has 5 nitrogen and oxygen atoms in total. The highest BCUT2D eigenvalue weighted by molar-refractivity contribution is 5.92. The van der Waals surface area contributed by atoms with Crippen molar-refractivity contribution in [3.8, 4) is 18.2 Å². The molecule has 0 saturated heterocycles. The van der Waals surface area contributed by atoms with Crippen molar-refractivity contribution in [3.05, 3.63) is 11.3 Å². The van der Waals surface area contributed by atoms with Crippen LogP contribution in [-0.2, 0) is 13.2 Å². The van der Waals surface area contributed by atoms with Gasteiger partial charge in [-0.2, -0.15) is 18.3 Å². The Hall–Kier alpha value is -2.17. The lowest BCUT2D eigenvalue weighted by molar-refractivity contribution is -0.141. The molecule has 0 radical (unpaired) electrons. The fourth-order valence-corrected chi connectivity index (χ4v) is 1.18. The van der Waals surface area contributed by atoms with E-state index in [1.165, 1.54) is 0 Å². The molecule has 0 amide bonds. The maximum atomic E-state index is 12.5. The molecule has 0 aliphatic heterocycles. The number of carboxylic acid groups (broad SMARTS) is 1. The average molecular weight is 248 g/mol. The number of aromatic carboxylic acids is 1. The molecule has 0 saturated carbocycles. The molecule has 8 heteroatoms. The third-order valence-electron chi connectivity index (χ3n) is 1.77. The van der Waals surface area contributed by atoms with Crippen molar-refractivity contribution < 1.29 is 27.8 Å². The molecule has 1 rings (SSSR count). The highest BCUT2D eigenvalue weighted by Gasteiger charge is 2.42. The average Bonchev–Trinajstić information content (AvgIpc) is 2.52. The van der Waals surface area contributed by atoms with Gasteiger partial charge in [0, 0.05) is 7.05 Å². The van der Waals surface area contributed by atoms with Crippen LogP contribution in [0.25, 0.3) is 0 Å². The van der Waals surface area contributed by atoms with Gasteiger partial charge < -0.3 is 9.84 Å².